The number of halogens is 3. The molecule has 0 fully saturated rings. The lowest BCUT2D eigenvalue weighted by Crippen LogP contribution is -2.28. The Hall–Kier alpha value is -4.39. The predicted molar refractivity (Wildman–Crippen MR) is 136 cm³/mol. The summed E-state index contributed by atoms with van der Waals surface area (Å²) < 4.78 is 51.3. The van der Waals surface area contributed by atoms with Crippen molar-refractivity contribution in [2.75, 3.05) is 7.11 Å². The van der Waals surface area contributed by atoms with Gasteiger partial charge in [-0.15, -0.1) is 10.2 Å². The number of aromatic nitrogens is 5. The van der Waals surface area contributed by atoms with Crippen molar-refractivity contribution in [3.8, 4) is 16.9 Å². The fourth-order valence-corrected chi connectivity index (χ4v) is 5.03. The van der Waals surface area contributed by atoms with Crippen molar-refractivity contribution in [3.05, 3.63) is 85.7 Å². The standard InChI is InChI=1S/C26H20F3N5O4S/c1-13-23(14(2)38-33-13)18-9-15-8-17(20(35)11-22-31-32-25(39-22)26(27,28)29)24(36)34(19(15)10-21(18)37-3)12-16-6-4-5-7-30-16/h4-10H,11-12H2,1-3H3. The zero-order chi connectivity index (χ0) is 27.9. The summed E-state index contributed by atoms with van der Waals surface area (Å²) in [6.07, 6.45) is -3.60. The van der Waals surface area contributed by atoms with Crippen molar-refractivity contribution in [2.45, 2.75) is 33.0 Å². The minimum Gasteiger partial charge on any atom is -0.496 e. The SMILES string of the molecule is COc1cc2c(cc1-c1c(C)noc1C)cc(C(=O)Cc1nnc(C(F)(F)F)s1)c(=O)n2Cc1ccccn1. The van der Waals surface area contributed by atoms with Crippen LogP contribution in [0.4, 0.5) is 13.2 Å². The number of hydrogen-bond acceptors (Lipinski definition) is 9. The van der Waals surface area contributed by atoms with E-state index in [1.54, 1.807) is 50.4 Å². The average Bonchev–Trinajstić information content (AvgIpc) is 3.51. The van der Waals surface area contributed by atoms with Crippen LogP contribution in [0.5, 0.6) is 5.75 Å². The molecule has 200 valence electrons. The maximum atomic E-state index is 13.6. The van der Waals surface area contributed by atoms with Gasteiger partial charge in [-0.25, -0.2) is 0 Å². The summed E-state index contributed by atoms with van der Waals surface area (Å²) in [4.78, 5) is 31.2. The number of carbonyl (C=O) groups excluding carboxylic acids is 1. The third kappa shape index (κ3) is 5.04. The van der Waals surface area contributed by atoms with Crippen molar-refractivity contribution in [2.24, 2.45) is 0 Å². The normalized spacial score (nSPS) is 11.7. The van der Waals surface area contributed by atoms with Crippen molar-refractivity contribution in [1.29, 1.82) is 0 Å². The van der Waals surface area contributed by atoms with Crippen LogP contribution in [0.25, 0.3) is 22.0 Å². The van der Waals surface area contributed by atoms with Gasteiger partial charge in [-0.05, 0) is 38.1 Å². The minimum absolute atomic E-state index is 0.0438. The van der Waals surface area contributed by atoms with Gasteiger partial charge in [-0.3, -0.25) is 14.6 Å². The first-order valence-corrected chi connectivity index (χ1v) is 12.4. The number of carbonyl (C=O) groups is 1. The highest BCUT2D eigenvalue weighted by Gasteiger charge is 2.36. The molecular formula is C26H20F3N5O4S. The van der Waals surface area contributed by atoms with Gasteiger partial charge >= 0.3 is 6.18 Å². The molecule has 0 radical (unpaired) electrons. The molecule has 13 heteroatoms. The summed E-state index contributed by atoms with van der Waals surface area (Å²) in [6, 6.07) is 10.1. The number of pyridine rings is 2. The summed E-state index contributed by atoms with van der Waals surface area (Å²) in [5.41, 5.74) is 2.20. The highest BCUT2D eigenvalue weighted by Crippen LogP contribution is 2.38. The van der Waals surface area contributed by atoms with Crippen molar-refractivity contribution >= 4 is 28.0 Å². The molecular weight excluding hydrogens is 535 g/mol. The van der Waals surface area contributed by atoms with Gasteiger partial charge in [0.25, 0.3) is 5.56 Å². The van der Waals surface area contributed by atoms with Crippen LogP contribution in [0.15, 0.2) is 51.9 Å². The molecule has 0 unspecified atom stereocenters. The van der Waals surface area contributed by atoms with E-state index < -0.39 is 28.9 Å². The molecule has 39 heavy (non-hydrogen) atoms. The maximum Gasteiger partial charge on any atom is 0.445 e. The number of Topliss-reactive ketones (excluding diaryl/α,β-unsaturated/α-hetero) is 1. The lowest BCUT2D eigenvalue weighted by Gasteiger charge is -2.16. The molecule has 0 saturated heterocycles. The summed E-state index contributed by atoms with van der Waals surface area (Å²) in [6.45, 7) is 3.58. The molecule has 4 aromatic heterocycles. The van der Waals surface area contributed by atoms with Gasteiger partial charge in [0.05, 0.1) is 48.1 Å². The zero-order valence-corrected chi connectivity index (χ0v) is 21.7. The Morgan fingerprint density at radius 1 is 1.15 bits per heavy atom. The van der Waals surface area contributed by atoms with Crippen molar-refractivity contribution in [1.82, 2.24) is 24.9 Å². The average molecular weight is 556 g/mol. The number of nitrogens with zero attached hydrogens (tertiary/aromatic N) is 5. The van der Waals surface area contributed by atoms with E-state index in [9.17, 15) is 22.8 Å². The van der Waals surface area contributed by atoms with E-state index in [1.165, 1.54) is 17.7 Å². The first kappa shape index (κ1) is 26.2. The molecule has 0 aliphatic carbocycles. The number of hydrogen-bond donors (Lipinski definition) is 0. The van der Waals surface area contributed by atoms with Crippen LogP contribution in [0, 0.1) is 13.8 Å². The monoisotopic (exact) mass is 555 g/mol. The topological polar surface area (TPSA) is 113 Å². The molecule has 0 spiro atoms. The Balaban J connectivity index is 1.68. The largest absolute Gasteiger partial charge is 0.496 e. The van der Waals surface area contributed by atoms with E-state index >= 15 is 0 Å². The molecule has 0 saturated carbocycles. The van der Waals surface area contributed by atoms with E-state index in [4.69, 9.17) is 9.26 Å². The number of ketones is 1. The van der Waals surface area contributed by atoms with E-state index in [0.717, 1.165) is 0 Å². The Morgan fingerprint density at radius 3 is 2.56 bits per heavy atom. The highest BCUT2D eigenvalue weighted by molar-refractivity contribution is 7.11. The number of alkyl halides is 3. The minimum atomic E-state index is -4.68. The molecule has 0 atom stereocenters. The lowest BCUT2D eigenvalue weighted by molar-refractivity contribution is -0.138. The molecule has 5 rings (SSSR count). The quantitative estimate of drug-likeness (QED) is 0.257. The van der Waals surface area contributed by atoms with E-state index in [1.807, 2.05) is 0 Å². The fraction of sp³-hybridized carbons (Fsp3) is 0.231. The van der Waals surface area contributed by atoms with Gasteiger partial charge in [0.2, 0.25) is 5.01 Å². The third-order valence-electron chi connectivity index (χ3n) is 6.09. The number of methoxy groups -OCH3 is 1. The van der Waals surface area contributed by atoms with Gasteiger partial charge in [0.1, 0.15) is 16.5 Å². The smallest absolute Gasteiger partial charge is 0.445 e. The van der Waals surface area contributed by atoms with E-state index in [0.29, 0.717) is 44.9 Å². The molecule has 0 amide bonds. The molecule has 9 nitrogen and oxygen atoms in total. The molecule has 1 aromatic carbocycles. The Kier molecular flexibility index (Phi) is 6.76. The van der Waals surface area contributed by atoms with Crippen molar-refractivity contribution < 1.29 is 27.2 Å². The summed E-state index contributed by atoms with van der Waals surface area (Å²) >= 11 is 0.267. The van der Waals surface area contributed by atoms with Gasteiger partial charge in [-0.2, -0.15) is 13.2 Å². The number of ether oxygens (including phenoxy) is 1. The second-order valence-corrected chi connectivity index (χ2v) is 9.74. The zero-order valence-electron chi connectivity index (χ0n) is 20.9. The number of rotatable bonds is 7. The summed E-state index contributed by atoms with van der Waals surface area (Å²) in [5.74, 6) is 0.329. The lowest BCUT2D eigenvalue weighted by atomic mass is 9.98. The van der Waals surface area contributed by atoms with Gasteiger partial charge in [0, 0.05) is 23.2 Å². The number of benzene rings is 1. The Bertz CT molecular complexity index is 1740. The van der Waals surface area contributed by atoms with E-state index in [-0.39, 0.29) is 28.5 Å². The molecule has 4 heterocycles. The summed E-state index contributed by atoms with van der Waals surface area (Å²) in [7, 11) is 1.50. The van der Waals surface area contributed by atoms with E-state index in [2.05, 4.69) is 20.3 Å². The molecule has 0 bridgehead atoms. The molecule has 0 N–H and O–H groups in total. The predicted octanol–water partition coefficient (Wildman–Crippen LogP) is 5.02. The Labute approximate surface area is 222 Å². The third-order valence-corrected chi connectivity index (χ3v) is 7.05. The second kappa shape index (κ2) is 10.1. The van der Waals surface area contributed by atoms with Crippen LogP contribution in [-0.4, -0.2) is 37.8 Å². The van der Waals surface area contributed by atoms with Crippen LogP contribution in [0.3, 0.4) is 0 Å². The fourth-order valence-electron chi connectivity index (χ4n) is 4.32. The number of fused-ring (bicyclic) bond motifs is 1. The van der Waals surface area contributed by atoms with Crippen LogP contribution in [0.2, 0.25) is 0 Å². The van der Waals surface area contributed by atoms with Crippen LogP contribution in [0.1, 0.15) is 37.5 Å². The molecule has 5 aromatic rings. The number of aryl methyl sites for hydroxylation is 2. The molecule has 0 aliphatic heterocycles. The first-order valence-electron chi connectivity index (χ1n) is 11.6. The maximum absolute atomic E-state index is 13.6. The van der Waals surface area contributed by atoms with Crippen LogP contribution >= 0.6 is 11.3 Å². The van der Waals surface area contributed by atoms with Crippen LogP contribution < -0.4 is 10.3 Å². The van der Waals surface area contributed by atoms with Crippen molar-refractivity contribution in [3.63, 3.8) is 0 Å². The molecule has 0 aliphatic rings. The Morgan fingerprint density at radius 2 is 1.95 bits per heavy atom. The first-order chi connectivity index (χ1) is 18.6. The van der Waals surface area contributed by atoms with Gasteiger partial charge in [0.15, 0.2) is 5.78 Å². The highest BCUT2D eigenvalue weighted by atomic mass is 32.1. The van der Waals surface area contributed by atoms with Gasteiger partial charge in [-0.1, -0.05) is 22.6 Å². The summed E-state index contributed by atoms with van der Waals surface area (Å²) in [5, 5.41) is 9.85. The second-order valence-electron chi connectivity index (χ2n) is 8.68. The van der Waals surface area contributed by atoms with Gasteiger partial charge < -0.3 is 13.8 Å². The van der Waals surface area contributed by atoms with Crippen LogP contribution in [-0.2, 0) is 19.1 Å².